The van der Waals surface area contributed by atoms with Crippen molar-refractivity contribution >= 4 is 43.9 Å². The number of pyridine rings is 1. The van der Waals surface area contributed by atoms with Gasteiger partial charge in [0.1, 0.15) is 12.4 Å². The second-order valence-electron chi connectivity index (χ2n) is 9.43. The highest BCUT2D eigenvalue weighted by atomic mass is 32.1. The third-order valence-electron chi connectivity index (χ3n) is 5.71. The number of thiophene rings is 1. The van der Waals surface area contributed by atoms with E-state index in [1.165, 1.54) is 15.5 Å². The smallest absolute Gasteiger partial charge is 0.135 e. The molecule has 6 nitrogen and oxygen atoms in total. The molecule has 0 aliphatic carbocycles. The Morgan fingerprint density at radius 2 is 1.86 bits per heavy atom. The quantitative estimate of drug-likeness (QED) is 0.616. The first-order chi connectivity index (χ1) is 13.8. The summed E-state index contributed by atoms with van der Waals surface area (Å²) < 4.78 is 1.28. The molecule has 0 bridgehead atoms. The number of nitrogens with one attached hydrogen (secondary N) is 2. The van der Waals surface area contributed by atoms with Crippen molar-refractivity contribution in [1.82, 2.24) is 10.3 Å². The van der Waals surface area contributed by atoms with Crippen molar-refractivity contribution < 1.29 is 0 Å². The fraction of sp³-hybridized carbons (Fsp3) is 0.455. The monoisotopic (exact) mass is 406 g/mol. The van der Waals surface area contributed by atoms with Gasteiger partial charge >= 0.3 is 0 Å². The van der Waals surface area contributed by atoms with Crippen molar-refractivity contribution in [2.75, 3.05) is 11.9 Å². The van der Waals surface area contributed by atoms with Gasteiger partial charge in [-0.25, -0.2) is 4.98 Å². The highest BCUT2D eigenvalue weighted by molar-refractivity contribution is 7.18. The van der Waals surface area contributed by atoms with Gasteiger partial charge in [-0.1, -0.05) is 12.1 Å². The summed E-state index contributed by atoms with van der Waals surface area (Å²) in [4.78, 5) is 5.06. The average molecular weight is 407 g/mol. The van der Waals surface area contributed by atoms with Crippen LogP contribution in [0.1, 0.15) is 46.1 Å². The van der Waals surface area contributed by atoms with Crippen LogP contribution in [-0.4, -0.2) is 34.4 Å². The Bertz CT molecular complexity index is 1140. The number of benzene rings is 1. The molecule has 1 aromatic carbocycles. The Kier molecular flexibility index (Phi) is 4.22. The van der Waals surface area contributed by atoms with Crippen LogP contribution in [0, 0.1) is 0 Å². The van der Waals surface area contributed by atoms with Gasteiger partial charge in [-0.3, -0.25) is 0 Å². The Hall–Kier alpha value is -2.38. The van der Waals surface area contributed by atoms with E-state index >= 15 is 0 Å². The molecule has 0 atom stereocenters. The van der Waals surface area contributed by atoms with E-state index in [0.29, 0.717) is 12.6 Å². The predicted octanol–water partition coefficient (Wildman–Crippen LogP) is 5.34. The lowest BCUT2D eigenvalue weighted by molar-refractivity contribution is 0.170. The molecule has 4 heterocycles. The Labute approximate surface area is 174 Å². The van der Waals surface area contributed by atoms with Gasteiger partial charge in [0.25, 0.3) is 0 Å². The maximum atomic E-state index is 5.06. The van der Waals surface area contributed by atoms with Crippen molar-refractivity contribution in [3.8, 4) is 0 Å². The van der Waals surface area contributed by atoms with Crippen LogP contribution in [-0.2, 0) is 0 Å². The number of piperidine rings is 1. The molecule has 0 spiro atoms. The zero-order chi connectivity index (χ0) is 20.2. The van der Waals surface area contributed by atoms with Crippen LogP contribution in [0.4, 0.5) is 5.82 Å². The second-order valence-corrected chi connectivity index (χ2v) is 10.3. The molecule has 5 rings (SSSR count). The maximum Gasteiger partial charge on any atom is 0.135 e. The van der Waals surface area contributed by atoms with Crippen molar-refractivity contribution in [3.05, 3.63) is 35.2 Å². The van der Waals surface area contributed by atoms with Crippen LogP contribution in [0.25, 0.3) is 21.0 Å². The molecule has 2 aliphatic rings. The zero-order valence-corrected chi connectivity index (χ0v) is 18.1. The Morgan fingerprint density at radius 1 is 1.07 bits per heavy atom. The maximum absolute atomic E-state index is 5.06. The number of fused-ring (bicyclic) bond motifs is 3. The molecule has 1 fully saturated rings. The van der Waals surface area contributed by atoms with Gasteiger partial charge in [-0.15, -0.1) is 16.4 Å². The van der Waals surface area contributed by atoms with E-state index in [0.717, 1.165) is 35.5 Å². The van der Waals surface area contributed by atoms with Crippen molar-refractivity contribution in [1.29, 1.82) is 0 Å². The lowest BCUT2D eigenvalue weighted by atomic mass is 9.79. The Morgan fingerprint density at radius 3 is 2.59 bits per heavy atom. The lowest BCUT2D eigenvalue weighted by Crippen LogP contribution is -2.60. The summed E-state index contributed by atoms with van der Waals surface area (Å²) in [7, 11) is 0. The second kappa shape index (κ2) is 6.57. The van der Waals surface area contributed by atoms with Crippen LogP contribution >= 0.6 is 11.3 Å². The molecule has 2 N–H and O–H groups in total. The minimum Gasteiger partial charge on any atom is -0.367 e. The summed E-state index contributed by atoms with van der Waals surface area (Å²) in [6, 6.07) is 8.92. The van der Waals surface area contributed by atoms with Crippen LogP contribution in [0.5, 0.6) is 0 Å². The molecule has 0 amide bonds. The first-order valence-electron chi connectivity index (χ1n) is 10.1. The van der Waals surface area contributed by atoms with Gasteiger partial charge in [0.05, 0.1) is 11.2 Å². The van der Waals surface area contributed by atoms with Crippen LogP contribution < -0.4 is 10.6 Å². The minimum atomic E-state index is 0.0881. The van der Waals surface area contributed by atoms with Crippen LogP contribution in [0.2, 0.25) is 0 Å². The normalized spacial score (nSPS) is 21.0. The van der Waals surface area contributed by atoms with Gasteiger partial charge < -0.3 is 10.6 Å². The highest BCUT2D eigenvalue weighted by Gasteiger charge is 2.37. The fourth-order valence-corrected chi connectivity index (χ4v) is 5.90. The summed E-state index contributed by atoms with van der Waals surface area (Å²) in [6.07, 6.45) is 2.11. The summed E-state index contributed by atoms with van der Waals surface area (Å²) in [5.41, 5.74) is 3.11. The van der Waals surface area contributed by atoms with Gasteiger partial charge in [0.2, 0.25) is 0 Å². The molecule has 150 valence electrons. The van der Waals surface area contributed by atoms with Crippen molar-refractivity contribution in [3.63, 3.8) is 0 Å². The predicted molar refractivity (Wildman–Crippen MR) is 121 cm³/mol. The standard InChI is InChI=1S/C22H26N6S/c1-21(2)10-14(11-22(3,4)27-21)24-20-16-7-8-29-19(16)15-6-5-13(9-17(15)25-20)18-12-23-28-26-18/h5-9,14,27H,10-12H2,1-4H3,(H,24,25). The summed E-state index contributed by atoms with van der Waals surface area (Å²) in [5, 5.41) is 24.0. The number of aromatic nitrogens is 1. The molecular weight excluding hydrogens is 380 g/mol. The number of hydrogen-bond acceptors (Lipinski definition) is 7. The van der Waals surface area contributed by atoms with Crippen LogP contribution in [0.3, 0.4) is 0 Å². The molecule has 0 radical (unpaired) electrons. The number of hydrogen-bond donors (Lipinski definition) is 2. The third-order valence-corrected chi connectivity index (χ3v) is 6.66. The average Bonchev–Trinajstić information content (AvgIpc) is 3.31. The number of rotatable bonds is 3. The van der Waals surface area contributed by atoms with E-state index in [1.54, 1.807) is 11.3 Å². The highest BCUT2D eigenvalue weighted by Crippen LogP contribution is 2.36. The fourth-order valence-electron chi connectivity index (χ4n) is 4.97. The summed E-state index contributed by atoms with van der Waals surface area (Å²) >= 11 is 1.77. The van der Waals surface area contributed by atoms with Gasteiger partial charge in [0, 0.05) is 38.2 Å². The van der Waals surface area contributed by atoms with Crippen molar-refractivity contribution in [2.45, 2.75) is 57.7 Å². The third kappa shape index (κ3) is 3.53. The molecule has 2 aromatic heterocycles. The summed E-state index contributed by atoms with van der Waals surface area (Å²) in [6.45, 7) is 9.66. The van der Waals surface area contributed by atoms with E-state index < -0.39 is 0 Å². The molecule has 0 saturated carbocycles. The van der Waals surface area contributed by atoms with Gasteiger partial charge in [0.15, 0.2) is 0 Å². The molecule has 29 heavy (non-hydrogen) atoms. The first kappa shape index (κ1) is 18.6. The Balaban J connectivity index is 1.56. The van der Waals surface area contributed by atoms with E-state index in [-0.39, 0.29) is 11.1 Å². The van der Waals surface area contributed by atoms with Crippen LogP contribution in [0.15, 0.2) is 45.1 Å². The van der Waals surface area contributed by atoms with E-state index in [9.17, 15) is 0 Å². The van der Waals surface area contributed by atoms with E-state index in [4.69, 9.17) is 4.98 Å². The van der Waals surface area contributed by atoms with E-state index in [1.807, 2.05) is 0 Å². The molecule has 2 aliphatic heterocycles. The largest absolute Gasteiger partial charge is 0.367 e. The number of anilines is 1. The topological polar surface area (TPSA) is 74.0 Å². The van der Waals surface area contributed by atoms with Gasteiger partial charge in [-0.05, 0) is 63.3 Å². The molecular formula is C22H26N6S. The summed E-state index contributed by atoms with van der Waals surface area (Å²) in [5.74, 6) is 0.979. The SMILES string of the molecule is CC1(C)CC(Nc2nc3cc(C4=NN=NC4)ccc3c3sccc23)CC(C)(C)N1. The van der Waals surface area contributed by atoms with E-state index in [2.05, 4.69) is 83.4 Å². The minimum absolute atomic E-state index is 0.0881. The molecule has 7 heteroatoms. The molecule has 0 unspecified atom stereocenters. The molecule has 3 aromatic rings. The van der Waals surface area contributed by atoms with Gasteiger partial charge in [-0.2, -0.15) is 5.11 Å². The number of nitrogens with zero attached hydrogens (tertiary/aromatic N) is 4. The lowest BCUT2D eigenvalue weighted by Gasteiger charge is -2.46. The van der Waals surface area contributed by atoms with Crippen molar-refractivity contribution in [2.24, 2.45) is 15.4 Å². The first-order valence-corrected chi connectivity index (χ1v) is 11.0. The molecule has 1 saturated heterocycles. The zero-order valence-electron chi connectivity index (χ0n) is 17.3.